The minimum Gasteiger partial charge on any atom is -0.447 e. The molecule has 1 atom stereocenters. The molecule has 0 aliphatic heterocycles. The molecule has 2 heterocycles. The minimum atomic E-state index is -1.05. The standard InChI is InChI=1S/C21H21N3O3S/c1-3-5-12(4-2)21(15-10-23-11-27-15)9-8-14-16(20(26)24-13-6-7-13)19(22)28-17(14)18(21)25/h3-5,10-11,13H,1-2,6-9,22H2,(H,24,26)/b12-5+. The second-order valence-electron chi connectivity index (χ2n) is 7.06. The summed E-state index contributed by atoms with van der Waals surface area (Å²) in [4.78, 5) is 30.9. The Bertz CT molecular complexity index is 999. The summed E-state index contributed by atoms with van der Waals surface area (Å²) in [6.45, 7) is 7.62. The van der Waals surface area contributed by atoms with E-state index in [1.807, 2.05) is 0 Å². The van der Waals surface area contributed by atoms with Crippen molar-refractivity contribution in [1.82, 2.24) is 10.3 Å². The number of hydrogen-bond donors (Lipinski definition) is 2. The Morgan fingerprint density at radius 3 is 2.82 bits per heavy atom. The molecule has 1 amide bonds. The zero-order valence-electron chi connectivity index (χ0n) is 15.4. The Morgan fingerprint density at radius 2 is 2.21 bits per heavy atom. The van der Waals surface area contributed by atoms with Crippen molar-refractivity contribution in [2.24, 2.45) is 0 Å². The molecule has 0 spiro atoms. The van der Waals surface area contributed by atoms with Gasteiger partial charge < -0.3 is 15.5 Å². The van der Waals surface area contributed by atoms with Crippen molar-refractivity contribution in [3.05, 3.63) is 71.3 Å². The molecule has 3 N–H and O–H groups in total. The molecule has 1 saturated carbocycles. The number of amides is 1. The molecule has 2 aromatic heterocycles. The summed E-state index contributed by atoms with van der Waals surface area (Å²) < 4.78 is 5.58. The number of carbonyl (C=O) groups excluding carboxylic acids is 2. The van der Waals surface area contributed by atoms with Crippen molar-refractivity contribution in [3.63, 3.8) is 0 Å². The highest BCUT2D eigenvalue weighted by atomic mass is 32.1. The Balaban J connectivity index is 1.84. The Labute approximate surface area is 166 Å². The number of hydrogen-bond acceptors (Lipinski definition) is 6. The van der Waals surface area contributed by atoms with Gasteiger partial charge in [-0.1, -0.05) is 31.4 Å². The van der Waals surface area contributed by atoms with E-state index < -0.39 is 5.41 Å². The Morgan fingerprint density at radius 1 is 1.43 bits per heavy atom. The maximum Gasteiger partial charge on any atom is 0.254 e. The first-order chi connectivity index (χ1) is 13.5. The van der Waals surface area contributed by atoms with Crippen LogP contribution in [0.2, 0.25) is 0 Å². The fourth-order valence-corrected chi connectivity index (χ4v) is 4.98. The number of nitrogens with two attached hydrogens (primary N) is 1. The largest absolute Gasteiger partial charge is 0.447 e. The van der Waals surface area contributed by atoms with Gasteiger partial charge in [0, 0.05) is 6.04 Å². The first-order valence-electron chi connectivity index (χ1n) is 9.14. The molecule has 0 saturated heterocycles. The molecule has 4 rings (SSSR count). The fourth-order valence-electron chi connectivity index (χ4n) is 3.85. The van der Waals surface area contributed by atoms with Gasteiger partial charge in [-0.2, -0.15) is 0 Å². The summed E-state index contributed by atoms with van der Waals surface area (Å²) >= 11 is 1.16. The fraction of sp³-hybridized carbons (Fsp3) is 0.286. The number of ketones is 1. The number of nitrogen functional groups attached to an aromatic ring is 1. The van der Waals surface area contributed by atoms with E-state index in [9.17, 15) is 9.59 Å². The number of allylic oxidation sites excluding steroid dienone is 4. The maximum atomic E-state index is 13.7. The third-order valence-corrected chi connectivity index (χ3v) is 6.44. The van der Waals surface area contributed by atoms with Crippen LogP contribution in [0.25, 0.3) is 0 Å². The number of rotatable bonds is 6. The maximum absolute atomic E-state index is 13.7. The number of nitrogens with zero attached hydrogens (tertiary/aromatic N) is 1. The highest BCUT2D eigenvalue weighted by Gasteiger charge is 2.50. The van der Waals surface area contributed by atoms with Crippen LogP contribution in [-0.2, 0) is 11.8 Å². The third kappa shape index (κ3) is 2.74. The molecule has 1 unspecified atom stereocenters. The van der Waals surface area contributed by atoms with E-state index in [-0.39, 0.29) is 17.7 Å². The molecular weight excluding hydrogens is 374 g/mol. The van der Waals surface area contributed by atoms with Crippen LogP contribution in [0, 0.1) is 0 Å². The molecule has 0 aromatic carbocycles. The normalized spacial score (nSPS) is 21.9. The number of thiophene rings is 1. The van der Waals surface area contributed by atoms with Crippen molar-refractivity contribution in [1.29, 1.82) is 0 Å². The van der Waals surface area contributed by atoms with E-state index in [0.29, 0.717) is 39.6 Å². The molecule has 2 aromatic rings. The van der Waals surface area contributed by atoms with Crippen molar-refractivity contribution in [2.45, 2.75) is 37.1 Å². The molecule has 0 radical (unpaired) electrons. The molecule has 2 aliphatic carbocycles. The van der Waals surface area contributed by atoms with E-state index in [4.69, 9.17) is 10.2 Å². The first-order valence-corrected chi connectivity index (χ1v) is 9.96. The summed E-state index contributed by atoms with van der Waals surface area (Å²) in [5.41, 5.74) is 6.97. The van der Waals surface area contributed by atoms with Gasteiger partial charge in [0.25, 0.3) is 5.91 Å². The second kappa shape index (κ2) is 6.91. The molecule has 6 nitrogen and oxygen atoms in total. The molecule has 7 heteroatoms. The molecule has 28 heavy (non-hydrogen) atoms. The van der Waals surface area contributed by atoms with Crippen LogP contribution in [0.5, 0.6) is 0 Å². The Hall–Kier alpha value is -2.93. The number of fused-ring (bicyclic) bond motifs is 1. The van der Waals surface area contributed by atoms with E-state index in [1.54, 1.807) is 24.4 Å². The van der Waals surface area contributed by atoms with Gasteiger partial charge in [0.1, 0.15) is 11.2 Å². The van der Waals surface area contributed by atoms with Gasteiger partial charge in [0.15, 0.2) is 12.2 Å². The van der Waals surface area contributed by atoms with Gasteiger partial charge in [0.05, 0.1) is 21.6 Å². The molecule has 2 aliphatic rings. The van der Waals surface area contributed by atoms with Crippen LogP contribution >= 0.6 is 11.3 Å². The smallest absolute Gasteiger partial charge is 0.254 e. The quantitative estimate of drug-likeness (QED) is 0.729. The van der Waals surface area contributed by atoms with Gasteiger partial charge in [-0.15, -0.1) is 11.3 Å². The monoisotopic (exact) mass is 395 g/mol. The van der Waals surface area contributed by atoms with Crippen molar-refractivity contribution >= 4 is 28.0 Å². The van der Waals surface area contributed by atoms with E-state index in [2.05, 4.69) is 23.5 Å². The lowest BCUT2D eigenvalue weighted by molar-refractivity contribution is 0.0879. The first kappa shape index (κ1) is 18.4. The Kier molecular flexibility index (Phi) is 4.55. The van der Waals surface area contributed by atoms with Crippen LogP contribution in [0.15, 0.2) is 54.0 Å². The molecular formula is C21H21N3O3S. The molecule has 1 fully saturated rings. The topological polar surface area (TPSA) is 98.2 Å². The van der Waals surface area contributed by atoms with Crippen LogP contribution in [0.4, 0.5) is 5.00 Å². The average molecular weight is 395 g/mol. The van der Waals surface area contributed by atoms with Crippen LogP contribution < -0.4 is 11.1 Å². The molecule has 144 valence electrons. The van der Waals surface area contributed by atoms with Crippen molar-refractivity contribution in [3.8, 4) is 0 Å². The third-order valence-electron chi connectivity index (χ3n) is 5.38. The minimum absolute atomic E-state index is 0.152. The van der Waals surface area contributed by atoms with Gasteiger partial charge in [-0.3, -0.25) is 9.59 Å². The summed E-state index contributed by atoms with van der Waals surface area (Å²) in [7, 11) is 0. The summed E-state index contributed by atoms with van der Waals surface area (Å²) in [5.74, 6) is 0.107. The van der Waals surface area contributed by atoms with Crippen LogP contribution in [-0.4, -0.2) is 22.7 Å². The predicted octanol–water partition coefficient (Wildman–Crippen LogP) is 3.58. The SMILES string of the molecule is C=C/C=C(\C=C)C1(c2cnco2)CCc2c(sc(N)c2C(=O)NC2CC2)C1=O. The predicted molar refractivity (Wildman–Crippen MR) is 109 cm³/mol. The molecule has 0 bridgehead atoms. The average Bonchev–Trinajstić information content (AvgIpc) is 3.18. The lowest BCUT2D eigenvalue weighted by Gasteiger charge is -2.34. The van der Waals surface area contributed by atoms with E-state index in [0.717, 1.165) is 29.7 Å². The number of anilines is 1. The van der Waals surface area contributed by atoms with Gasteiger partial charge in [-0.25, -0.2) is 4.98 Å². The van der Waals surface area contributed by atoms with Crippen LogP contribution in [0.3, 0.4) is 0 Å². The lowest BCUT2D eigenvalue weighted by Crippen LogP contribution is -2.41. The summed E-state index contributed by atoms with van der Waals surface area (Å²) in [5, 5.41) is 3.34. The summed E-state index contributed by atoms with van der Waals surface area (Å²) in [6.07, 6.45) is 10.8. The second-order valence-corrected chi connectivity index (χ2v) is 8.11. The highest BCUT2D eigenvalue weighted by Crippen LogP contribution is 2.48. The zero-order valence-corrected chi connectivity index (χ0v) is 16.2. The van der Waals surface area contributed by atoms with Crippen LogP contribution in [0.1, 0.15) is 50.6 Å². The van der Waals surface area contributed by atoms with Crippen molar-refractivity contribution in [2.75, 3.05) is 5.73 Å². The zero-order chi connectivity index (χ0) is 19.9. The number of carbonyl (C=O) groups is 2. The van der Waals surface area contributed by atoms with E-state index in [1.165, 1.54) is 6.39 Å². The number of aromatic nitrogens is 1. The number of nitrogens with one attached hydrogen (secondary N) is 1. The number of Topliss-reactive ketones (excluding diaryl/α,β-unsaturated/α-hetero) is 1. The highest BCUT2D eigenvalue weighted by molar-refractivity contribution is 7.18. The number of oxazole rings is 1. The van der Waals surface area contributed by atoms with E-state index >= 15 is 0 Å². The summed E-state index contributed by atoms with van der Waals surface area (Å²) in [6, 6.07) is 0.220. The van der Waals surface area contributed by atoms with Gasteiger partial charge in [-0.05, 0) is 36.8 Å². The van der Waals surface area contributed by atoms with Gasteiger partial charge >= 0.3 is 0 Å². The lowest BCUT2D eigenvalue weighted by atomic mass is 9.66. The van der Waals surface area contributed by atoms with Gasteiger partial charge in [0.2, 0.25) is 0 Å². The van der Waals surface area contributed by atoms with Crippen molar-refractivity contribution < 1.29 is 14.0 Å².